The first kappa shape index (κ1) is 14.3. The van der Waals surface area contributed by atoms with Gasteiger partial charge in [0.25, 0.3) is 5.91 Å². The summed E-state index contributed by atoms with van der Waals surface area (Å²) in [5.41, 5.74) is 6.66. The van der Waals surface area contributed by atoms with E-state index in [1.54, 1.807) is 18.2 Å². The number of aliphatic hydroxyl groups excluding tert-OH is 1. The minimum Gasteiger partial charge on any atom is -0.495 e. The highest BCUT2D eigenvalue weighted by Crippen LogP contribution is 2.22. The first-order chi connectivity index (χ1) is 8.49. The Bertz CT molecular complexity index is 421. The number of nitrogen functional groups attached to an aromatic ring is 1. The van der Waals surface area contributed by atoms with Gasteiger partial charge in [0.1, 0.15) is 5.75 Å². The smallest absolute Gasteiger partial charge is 0.251 e. The molecule has 0 fully saturated rings. The number of amides is 1. The van der Waals surface area contributed by atoms with E-state index in [-0.39, 0.29) is 24.5 Å². The van der Waals surface area contributed by atoms with Crippen molar-refractivity contribution in [1.29, 1.82) is 0 Å². The van der Waals surface area contributed by atoms with Crippen molar-refractivity contribution >= 4 is 11.6 Å². The van der Waals surface area contributed by atoms with Crippen LogP contribution in [0.25, 0.3) is 0 Å². The third kappa shape index (κ3) is 3.37. The standard InChI is InChI=1S/C13H20N2O3/c1-8(7-16)9(2)15-13(17)10-4-5-11(14)12(6-10)18-3/h4-6,8-9,16H,7,14H2,1-3H3,(H,15,17). The van der Waals surface area contributed by atoms with Crippen LogP contribution in [0.4, 0.5) is 5.69 Å². The van der Waals surface area contributed by atoms with Crippen LogP contribution in [0.2, 0.25) is 0 Å². The van der Waals surface area contributed by atoms with Crippen LogP contribution >= 0.6 is 0 Å². The number of nitrogens with two attached hydrogens (primary N) is 1. The van der Waals surface area contributed by atoms with Crippen molar-refractivity contribution in [3.05, 3.63) is 23.8 Å². The predicted octanol–water partition coefficient (Wildman–Crippen LogP) is 1.02. The zero-order chi connectivity index (χ0) is 13.7. The first-order valence-corrected chi connectivity index (χ1v) is 5.84. The summed E-state index contributed by atoms with van der Waals surface area (Å²) >= 11 is 0. The lowest BCUT2D eigenvalue weighted by molar-refractivity contribution is 0.0916. The highest BCUT2D eigenvalue weighted by molar-refractivity contribution is 5.95. The molecule has 0 radical (unpaired) electrons. The molecule has 0 spiro atoms. The number of nitrogens with one attached hydrogen (secondary N) is 1. The second-order valence-electron chi connectivity index (χ2n) is 4.38. The van der Waals surface area contributed by atoms with E-state index >= 15 is 0 Å². The lowest BCUT2D eigenvalue weighted by atomic mass is 10.0. The van der Waals surface area contributed by atoms with E-state index in [2.05, 4.69) is 5.32 Å². The van der Waals surface area contributed by atoms with Crippen molar-refractivity contribution in [2.45, 2.75) is 19.9 Å². The molecule has 0 saturated heterocycles. The van der Waals surface area contributed by atoms with Crippen LogP contribution in [-0.2, 0) is 0 Å². The maximum atomic E-state index is 12.0. The van der Waals surface area contributed by atoms with Crippen LogP contribution in [0.15, 0.2) is 18.2 Å². The van der Waals surface area contributed by atoms with Gasteiger partial charge < -0.3 is 20.9 Å². The van der Waals surface area contributed by atoms with Crippen molar-refractivity contribution in [3.63, 3.8) is 0 Å². The Balaban J connectivity index is 2.78. The molecular formula is C13H20N2O3. The quantitative estimate of drug-likeness (QED) is 0.683. The van der Waals surface area contributed by atoms with E-state index in [0.29, 0.717) is 17.0 Å². The van der Waals surface area contributed by atoms with Gasteiger partial charge >= 0.3 is 0 Å². The second kappa shape index (κ2) is 6.26. The number of carbonyl (C=O) groups excluding carboxylic acids is 1. The highest BCUT2D eigenvalue weighted by Gasteiger charge is 2.15. The van der Waals surface area contributed by atoms with E-state index in [1.165, 1.54) is 7.11 Å². The van der Waals surface area contributed by atoms with Gasteiger partial charge in [0.05, 0.1) is 12.8 Å². The summed E-state index contributed by atoms with van der Waals surface area (Å²) in [6, 6.07) is 4.77. The van der Waals surface area contributed by atoms with Gasteiger partial charge in [-0.1, -0.05) is 6.92 Å². The molecule has 4 N–H and O–H groups in total. The Kier molecular flexibility index (Phi) is 4.97. The van der Waals surface area contributed by atoms with Gasteiger partial charge in [-0.05, 0) is 31.0 Å². The number of hydrogen-bond acceptors (Lipinski definition) is 4. The molecule has 1 aromatic rings. The van der Waals surface area contributed by atoms with Gasteiger partial charge in [0, 0.05) is 18.2 Å². The molecule has 100 valence electrons. The topological polar surface area (TPSA) is 84.6 Å². The predicted molar refractivity (Wildman–Crippen MR) is 70.6 cm³/mol. The van der Waals surface area contributed by atoms with Gasteiger partial charge in [-0.15, -0.1) is 0 Å². The van der Waals surface area contributed by atoms with E-state index < -0.39 is 0 Å². The van der Waals surface area contributed by atoms with Crippen LogP contribution in [0, 0.1) is 5.92 Å². The monoisotopic (exact) mass is 252 g/mol. The molecule has 0 aromatic heterocycles. The summed E-state index contributed by atoms with van der Waals surface area (Å²) in [6.07, 6.45) is 0. The lowest BCUT2D eigenvalue weighted by Crippen LogP contribution is -2.38. The van der Waals surface area contributed by atoms with Gasteiger partial charge in [0.15, 0.2) is 0 Å². The molecule has 2 atom stereocenters. The Labute approximate surface area is 107 Å². The van der Waals surface area contributed by atoms with E-state index in [9.17, 15) is 4.79 Å². The summed E-state index contributed by atoms with van der Waals surface area (Å²) in [6.45, 7) is 3.76. The average molecular weight is 252 g/mol. The van der Waals surface area contributed by atoms with E-state index in [0.717, 1.165) is 0 Å². The second-order valence-corrected chi connectivity index (χ2v) is 4.38. The fraction of sp³-hybridized carbons (Fsp3) is 0.462. The van der Waals surface area contributed by atoms with Crippen LogP contribution in [0.3, 0.4) is 0 Å². The van der Waals surface area contributed by atoms with Crippen molar-refractivity contribution < 1.29 is 14.6 Å². The van der Waals surface area contributed by atoms with Gasteiger partial charge in [0.2, 0.25) is 0 Å². The average Bonchev–Trinajstić information content (AvgIpc) is 2.37. The molecule has 2 unspecified atom stereocenters. The maximum absolute atomic E-state index is 12.0. The van der Waals surface area contributed by atoms with Crippen molar-refractivity contribution in [1.82, 2.24) is 5.32 Å². The highest BCUT2D eigenvalue weighted by atomic mass is 16.5. The number of rotatable bonds is 5. The number of carbonyl (C=O) groups is 1. The molecule has 1 aromatic carbocycles. The number of anilines is 1. The number of hydrogen-bond donors (Lipinski definition) is 3. The lowest BCUT2D eigenvalue weighted by Gasteiger charge is -2.19. The summed E-state index contributed by atoms with van der Waals surface area (Å²) in [5, 5.41) is 11.8. The summed E-state index contributed by atoms with van der Waals surface area (Å²) < 4.78 is 5.06. The normalized spacial score (nSPS) is 13.8. The molecule has 0 aliphatic rings. The molecule has 0 saturated carbocycles. The number of methoxy groups -OCH3 is 1. The minimum atomic E-state index is -0.207. The molecule has 1 amide bonds. The Hall–Kier alpha value is -1.75. The van der Waals surface area contributed by atoms with Gasteiger partial charge in [-0.2, -0.15) is 0 Å². The van der Waals surface area contributed by atoms with Gasteiger partial charge in [-0.3, -0.25) is 4.79 Å². The number of benzene rings is 1. The summed E-state index contributed by atoms with van der Waals surface area (Å²) in [5.74, 6) is 0.274. The molecule has 0 aliphatic carbocycles. The largest absolute Gasteiger partial charge is 0.495 e. The Morgan fingerprint density at radius 2 is 2.17 bits per heavy atom. The molecule has 1 rings (SSSR count). The SMILES string of the molecule is COc1cc(C(=O)NC(C)C(C)CO)ccc1N. The maximum Gasteiger partial charge on any atom is 0.251 e. The molecule has 0 heterocycles. The zero-order valence-electron chi connectivity index (χ0n) is 10.9. The Morgan fingerprint density at radius 1 is 1.50 bits per heavy atom. The van der Waals surface area contributed by atoms with Crippen LogP contribution in [0.5, 0.6) is 5.75 Å². The molecule has 5 nitrogen and oxygen atoms in total. The third-order valence-electron chi connectivity index (χ3n) is 3.00. The summed E-state index contributed by atoms with van der Waals surface area (Å²) in [4.78, 5) is 12.0. The van der Waals surface area contributed by atoms with E-state index in [1.807, 2.05) is 13.8 Å². The fourth-order valence-corrected chi connectivity index (χ4v) is 1.44. The first-order valence-electron chi connectivity index (χ1n) is 5.84. The molecule has 5 heteroatoms. The van der Waals surface area contributed by atoms with Crippen LogP contribution in [-0.4, -0.2) is 30.8 Å². The molecule has 18 heavy (non-hydrogen) atoms. The summed E-state index contributed by atoms with van der Waals surface area (Å²) in [7, 11) is 1.50. The van der Waals surface area contributed by atoms with Crippen LogP contribution < -0.4 is 15.8 Å². The van der Waals surface area contributed by atoms with Gasteiger partial charge in [-0.25, -0.2) is 0 Å². The van der Waals surface area contributed by atoms with E-state index in [4.69, 9.17) is 15.6 Å². The fourth-order valence-electron chi connectivity index (χ4n) is 1.44. The zero-order valence-corrected chi connectivity index (χ0v) is 10.9. The molecular weight excluding hydrogens is 232 g/mol. The molecule has 0 aliphatic heterocycles. The van der Waals surface area contributed by atoms with Crippen molar-refractivity contribution in [2.75, 3.05) is 19.5 Å². The number of aliphatic hydroxyl groups is 1. The van der Waals surface area contributed by atoms with Crippen LogP contribution in [0.1, 0.15) is 24.2 Å². The minimum absolute atomic E-state index is 0.00428. The van der Waals surface area contributed by atoms with Crippen molar-refractivity contribution in [3.8, 4) is 5.75 Å². The molecule has 0 bridgehead atoms. The number of ether oxygens (including phenoxy) is 1. The Morgan fingerprint density at radius 3 is 2.72 bits per heavy atom. The third-order valence-corrected chi connectivity index (χ3v) is 3.00. The van der Waals surface area contributed by atoms with Crippen molar-refractivity contribution in [2.24, 2.45) is 5.92 Å².